The quantitative estimate of drug-likeness (QED) is 0.0153. The van der Waals surface area contributed by atoms with Crippen LogP contribution >= 0.6 is 0 Å². The van der Waals surface area contributed by atoms with Gasteiger partial charge < -0.3 is 205 Å². The molecule has 0 saturated carbocycles. The van der Waals surface area contributed by atoms with Crippen LogP contribution < -0.4 is 0 Å². The average Bonchev–Trinajstić information content (AvgIpc) is 0.638. The lowest BCUT2D eigenvalue weighted by Gasteiger charge is -2.70. The van der Waals surface area contributed by atoms with E-state index < -0.39 is 371 Å². The van der Waals surface area contributed by atoms with E-state index in [9.17, 15) is 129 Å². The summed E-state index contributed by atoms with van der Waals surface area (Å²) in [7, 11) is -106. The minimum atomic E-state index is -8.26. The van der Waals surface area contributed by atoms with Crippen molar-refractivity contribution < 1.29 is 210 Å². The van der Waals surface area contributed by atoms with Crippen LogP contribution in [0.15, 0.2) is 0 Å². The van der Waals surface area contributed by atoms with Crippen LogP contribution in [0, 0.1) is 5.41 Å². The second kappa shape index (κ2) is 55.5. The average molecular weight is 2260 g/mol. The molecule has 0 aliphatic heterocycles. The minimum Gasteiger partial charge on any atom is -0.463 e. The Morgan fingerprint density at radius 3 is 1.01 bits per heavy atom. The standard InChI is InChI=1S/C22H77O46Si42/c1-11-22(2,3)21(23)53-19-18-52-17-16-51-15-14-50-13-12-20-96(7,8)63-95(6)64-101(109(105(86-41,87-42)58-73-28,106(88-43,89-44)59-74-29)66-98(77-32,78-33)54-69-24,68-102(103(82-37,83-38)56-71-26,104(84-39,85-40)57-72-27)65-99(79-34,80-35)62-94(4)5)110(107(90-45,91-46)60-75-30,108(92-47,93-48)61-76-31)67-100(81-36,55-70-25)97(9,10)49/h24-49,95H,11-20H2,1-10H3. The summed E-state index contributed by atoms with van der Waals surface area (Å²) in [6, 6.07) is -0.0388. The van der Waals surface area contributed by atoms with Gasteiger partial charge in [0.2, 0.25) is 147 Å². The van der Waals surface area contributed by atoms with Crippen LogP contribution in [0.2, 0.25) is 51.9 Å². The van der Waals surface area contributed by atoms with Gasteiger partial charge in [0.25, 0.3) is 83.2 Å². The summed E-state index contributed by atoms with van der Waals surface area (Å²) >= 11 is 0. The van der Waals surface area contributed by atoms with Crippen molar-refractivity contribution >= 4 is 371 Å². The molecular weight excluding hydrogens is 2180 g/mol. The molecule has 26 N–H and O–H groups in total. The summed E-state index contributed by atoms with van der Waals surface area (Å²) < 4.78 is 126. The molecule has 0 heterocycles. The highest BCUT2D eigenvalue weighted by molar-refractivity contribution is 8.24. The van der Waals surface area contributed by atoms with Gasteiger partial charge in [-0.2, -0.15) is 0 Å². The molecule has 0 aromatic rings. The predicted octanol–water partition coefficient (Wildman–Crippen LogP) is -25.3. The van der Waals surface area contributed by atoms with Crippen LogP contribution in [-0.4, -0.2) is 542 Å². The normalized spacial score (nSPS) is 15.6. The van der Waals surface area contributed by atoms with Crippen molar-refractivity contribution in [2.24, 2.45) is 5.41 Å². The fourth-order valence-corrected chi connectivity index (χ4v) is 523. The zero-order valence-corrected chi connectivity index (χ0v) is 101. The topological polar surface area (TPSA) is 718 Å². The smallest absolute Gasteiger partial charge is 0.420 e. The second-order valence-corrected chi connectivity index (χ2v) is 197. The molecule has 0 aromatic heterocycles. The lowest BCUT2D eigenvalue weighted by molar-refractivity contribution is -0.155. The molecule has 0 saturated heterocycles. The van der Waals surface area contributed by atoms with Crippen molar-refractivity contribution in [1.29, 1.82) is 0 Å². The number of rotatable bonds is 71. The minimum absolute atomic E-state index is 0.00541. The maximum atomic E-state index is 13.2. The fraction of sp³-hybridized carbons (Fsp3) is 0.955. The predicted molar refractivity (Wildman–Crippen MR) is 435 cm³/mol. The van der Waals surface area contributed by atoms with Crippen LogP contribution in [0.5, 0.6) is 0 Å². The molecule has 0 aliphatic carbocycles. The van der Waals surface area contributed by atoms with Crippen molar-refractivity contribution in [3.63, 3.8) is 0 Å². The third-order valence-corrected chi connectivity index (χ3v) is 322. The van der Waals surface area contributed by atoms with Gasteiger partial charge >= 0.3 is 124 Å². The third-order valence-electron chi connectivity index (χ3n) is 14.9. The van der Waals surface area contributed by atoms with Crippen LogP contribution in [0.1, 0.15) is 33.6 Å². The number of ether oxygens (including phenoxy) is 4. The van der Waals surface area contributed by atoms with Gasteiger partial charge in [0.15, 0.2) is 17.4 Å². The molecule has 110 heavy (non-hydrogen) atoms. The zero-order chi connectivity index (χ0) is 84.9. The van der Waals surface area contributed by atoms with Crippen molar-refractivity contribution in [2.45, 2.75) is 85.5 Å². The molecule has 609 valence electrons. The Bertz CT molecular complexity index is 2400. The highest BCUT2D eigenvalue weighted by atomic mass is 30.5. The molecule has 0 aliphatic rings. The highest BCUT2D eigenvalue weighted by Crippen LogP contribution is 2.54. The van der Waals surface area contributed by atoms with E-state index in [4.69, 9.17) is 80.7 Å². The van der Waals surface area contributed by atoms with Crippen molar-refractivity contribution in [1.82, 2.24) is 0 Å². The van der Waals surface area contributed by atoms with Crippen molar-refractivity contribution in [3.8, 4) is 0 Å². The maximum absolute atomic E-state index is 13.2. The van der Waals surface area contributed by atoms with E-state index in [1.807, 2.05) is 6.92 Å². The first-order valence-electron chi connectivity index (χ1n) is 29.7. The number of hydrogen-bond acceptors (Lipinski definition) is 46. The largest absolute Gasteiger partial charge is 0.463 e. The molecule has 0 spiro atoms. The van der Waals surface area contributed by atoms with E-state index in [1.54, 1.807) is 26.9 Å². The molecule has 3 unspecified atom stereocenters. The summed E-state index contributed by atoms with van der Waals surface area (Å²) in [4.78, 5) is 335. The molecule has 3 atom stereocenters. The number of hydrogen-bond donors (Lipinski definition) is 26. The monoisotopic (exact) mass is 2250 g/mol. The van der Waals surface area contributed by atoms with E-state index in [-0.39, 0.29) is 64.7 Å². The van der Waals surface area contributed by atoms with Gasteiger partial charge in [-0.25, -0.2) is 0 Å². The first kappa shape index (κ1) is 117. The highest BCUT2D eigenvalue weighted by Gasteiger charge is 3.01. The summed E-state index contributed by atoms with van der Waals surface area (Å²) in [5.74, 6) is -0.383. The first-order chi connectivity index (χ1) is 51.8. The molecule has 51 radical (unpaired) electrons. The third kappa shape index (κ3) is 26.7. The summed E-state index contributed by atoms with van der Waals surface area (Å²) in [5, 5.41) is 0. The van der Waals surface area contributed by atoms with Gasteiger partial charge in [-0.15, -0.1) is 0 Å². The number of carbonyl (C=O) groups is 1. The molecule has 0 fully saturated rings. The Labute approximate surface area is 711 Å². The van der Waals surface area contributed by atoms with Gasteiger partial charge in [-0.1, -0.05) is 6.92 Å². The van der Waals surface area contributed by atoms with E-state index in [0.29, 0.717) is 6.42 Å². The molecule has 88 heteroatoms. The Morgan fingerprint density at radius 2 is 0.709 bits per heavy atom. The molecule has 0 amide bonds. The van der Waals surface area contributed by atoms with Gasteiger partial charge in [0.05, 0.1) is 38.4 Å². The van der Waals surface area contributed by atoms with Crippen LogP contribution in [0.25, 0.3) is 0 Å². The SMILES string of the molecule is CCC(C)(C)C(=O)OCCOCCOCCOCCC[Si](C)(C)O[SiH](C)O[Si](O[Si](O[Si](O[Si](C)C)([Si]O)[Si]O)([Si](O[Si]O)([Si]O)[Si]O)[Si](O[Si]O)([Si]O)[Si]O)([Si](O[Si](O[Si]O)([Si]O)[Si]O)([Si](O[Si]O)([Si]O)[Si]O)[Si](O[Si]O)([Si]O)[Si]O)[Si](O[Si](O[Si]O)([Si]O)[Si](C)(C)O)([Si](O[Si]O)([Si]O)[Si]O)[Si](O[Si]O)([Si]O)[Si]O. The van der Waals surface area contributed by atoms with Crippen molar-refractivity contribution in [2.75, 3.05) is 46.2 Å². The summed E-state index contributed by atoms with van der Waals surface area (Å²) in [6.07, 6.45) is 0.630. The lowest BCUT2D eigenvalue weighted by Crippen LogP contribution is -3.14. The van der Waals surface area contributed by atoms with E-state index in [0.717, 1.165) is 19.6 Å². The van der Waals surface area contributed by atoms with Crippen LogP contribution in [-0.2, 0) is 85.5 Å². The number of carbonyl (C=O) groups excluding carboxylic acids is 1. The Hall–Kier alpha value is 6.82. The maximum Gasteiger partial charge on any atom is 0.420 e. The van der Waals surface area contributed by atoms with Gasteiger partial charge in [0, 0.05) is 6.61 Å². The summed E-state index contributed by atoms with van der Waals surface area (Å²) in [6.45, 7) is -40.1. The Kier molecular flexibility index (Phi) is 59.0. The molecule has 0 aromatic carbocycles. The Morgan fingerprint density at radius 1 is 0.382 bits per heavy atom. The summed E-state index contributed by atoms with van der Waals surface area (Å²) in [5.41, 5.74) is -0.679. The van der Waals surface area contributed by atoms with E-state index in [2.05, 4.69) is 0 Å². The lowest BCUT2D eigenvalue weighted by atomic mass is 9.91. The van der Waals surface area contributed by atoms with E-state index >= 15 is 0 Å². The number of esters is 1. The fourth-order valence-electron chi connectivity index (χ4n) is 9.58. The zero-order valence-electron chi connectivity index (χ0n) is 58.9. The Balaban J connectivity index is 12.3. The van der Waals surface area contributed by atoms with Gasteiger partial charge in [0.1, 0.15) is 6.61 Å². The van der Waals surface area contributed by atoms with Crippen molar-refractivity contribution in [3.05, 3.63) is 0 Å². The molecule has 0 bridgehead atoms. The van der Waals surface area contributed by atoms with E-state index in [1.165, 1.54) is 13.1 Å². The first-order valence-corrected chi connectivity index (χ1v) is 114. The molecular formula is C22H77O46Si42. The van der Waals surface area contributed by atoms with Crippen LogP contribution in [0.4, 0.5) is 0 Å². The second-order valence-electron chi connectivity index (χ2n) is 22.8. The van der Waals surface area contributed by atoms with Crippen LogP contribution in [0.3, 0.4) is 0 Å². The van der Waals surface area contributed by atoms with Gasteiger partial charge in [-0.05, 0) is 78.6 Å². The molecule has 46 nitrogen and oxygen atoms in total. The molecule has 0 rings (SSSR count). The van der Waals surface area contributed by atoms with Gasteiger partial charge in [-0.3, -0.25) is 4.79 Å².